The van der Waals surface area contributed by atoms with E-state index in [9.17, 15) is 9.90 Å². The predicted octanol–water partition coefficient (Wildman–Crippen LogP) is 1.23. The van der Waals surface area contributed by atoms with Crippen molar-refractivity contribution in [2.45, 2.75) is 32.2 Å². The number of hydrogen-bond donors (Lipinski definition) is 2. The number of aliphatic hydroxyl groups is 1. The molecule has 1 rings (SSSR count). The van der Waals surface area contributed by atoms with Gasteiger partial charge in [-0.1, -0.05) is 13.8 Å². The van der Waals surface area contributed by atoms with Crippen molar-refractivity contribution in [1.82, 2.24) is 9.97 Å². The zero-order valence-electron chi connectivity index (χ0n) is 10.9. The molecule has 6 nitrogen and oxygen atoms in total. The van der Waals surface area contributed by atoms with Gasteiger partial charge in [0.1, 0.15) is 17.7 Å². The molecular formula is C12H19N3O3. The normalized spacial score (nSPS) is 11.1. The highest BCUT2D eigenvalue weighted by Gasteiger charge is 2.27. The molecule has 0 aliphatic carbocycles. The van der Waals surface area contributed by atoms with Crippen molar-refractivity contribution in [3.63, 3.8) is 0 Å². The average Bonchev–Trinajstić information content (AvgIpc) is 2.44. The molecule has 0 fully saturated rings. The smallest absolute Gasteiger partial charge is 0.343 e. The van der Waals surface area contributed by atoms with Gasteiger partial charge in [-0.15, -0.1) is 0 Å². The highest BCUT2D eigenvalue weighted by atomic mass is 16.5. The van der Waals surface area contributed by atoms with Crippen molar-refractivity contribution in [3.8, 4) is 0 Å². The maximum Gasteiger partial charge on any atom is 0.343 e. The zero-order chi connectivity index (χ0) is 13.6. The minimum absolute atomic E-state index is 0.0371. The van der Waals surface area contributed by atoms with Gasteiger partial charge in [-0.3, -0.25) is 0 Å². The molecule has 0 spiro atoms. The SMILES string of the molecule is CCC(CC)(CO)Nc1ncncc1C(=O)OC. The van der Waals surface area contributed by atoms with Crippen LogP contribution in [-0.4, -0.2) is 40.3 Å². The number of carbonyl (C=O) groups excluding carboxylic acids is 1. The highest BCUT2D eigenvalue weighted by molar-refractivity contribution is 5.94. The number of nitrogens with one attached hydrogen (secondary N) is 1. The molecule has 1 aromatic heterocycles. The largest absolute Gasteiger partial charge is 0.465 e. The van der Waals surface area contributed by atoms with E-state index in [1.165, 1.54) is 19.6 Å². The Morgan fingerprint density at radius 1 is 1.50 bits per heavy atom. The maximum atomic E-state index is 11.6. The van der Waals surface area contributed by atoms with Gasteiger partial charge in [0.15, 0.2) is 0 Å². The third kappa shape index (κ3) is 2.95. The van der Waals surface area contributed by atoms with Crippen molar-refractivity contribution >= 4 is 11.8 Å². The van der Waals surface area contributed by atoms with Gasteiger partial charge in [-0.25, -0.2) is 14.8 Å². The van der Waals surface area contributed by atoms with Gasteiger partial charge < -0.3 is 15.2 Å². The van der Waals surface area contributed by atoms with Gasteiger partial charge in [0.25, 0.3) is 0 Å². The molecule has 0 saturated carbocycles. The summed E-state index contributed by atoms with van der Waals surface area (Å²) in [7, 11) is 1.30. The van der Waals surface area contributed by atoms with Crippen molar-refractivity contribution < 1.29 is 14.6 Å². The minimum atomic E-state index is -0.503. The number of aromatic nitrogens is 2. The lowest BCUT2D eigenvalue weighted by atomic mass is 9.93. The van der Waals surface area contributed by atoms with E-state index >= 15 is 0 Å². The molecule has 0 amide bonds. The second-order valence-electron chi connectivity index (χ2n) is 4.05. The van der Waals surface area contributed by atoms with Crippen LogP contribution in [0.1, 0.15) is 37.0 Å². The third-order valence-corrected chi connectivity index (χ3v) is 3.16. The van der Waals surface area contributed by atoms with Crippen LogP contribution in [0.2, 0.25) is 0 Å². The number of carbonyl (C=O) groups is 1. The number of methoxy groups -OCH3 is 1. The van der Waals surface area contributed by atoms with Gasteiger partial charge in [-0.2, -0.15) is 0 Å². The first-order chi connectivity index (χ1) is 8.62. The fourth-order valence-corrected chi connectivity index (χ4v) is 1.63. The van der Waals surface area contributed by atoms with Crippen LogP contribution < -0.4 is 5.32 Å². The van der Waals surface area contributed by atoms with Gasteiger partial charge in [0, 0.05) is 6.20 Å². The summed E-state index contributed by atoms with van der Waals surface area (Å²) in [6, 6.07) is 0. The monoisotopic (exact) mass is 253 g/mol. The molecule has 6 heteroatoms. The van der Waals surface area contributed by atoms with Gasteiger partial charge >= 0.3 is 5.97 Å². The first-order valence-electron chi connectivity index (χ1n) is 5.89. The van der Waals surface area contributed by atoms with E-state index < -0.39 is 11.5 Å². The van der Waals surface area contributed by atoms with Gasteiger partial charge in [0.2, 0.25) is 0 Å². The Bertz CT molecular complexity index is 397. The number of ether oxygens (including phenoxy) is 1. The zero-order valence-corrected chi connectivity index (χ0v) is 10.9. The number of nitrogens with zero attached hydrogens (tertiary/aromatic N) is 2. The number of esters is 1. The molecule has 18 heavy (non-hydrogen) atoms. The summed E-state index contributed by atoms with van der Waals surface area (Å²) in [6.07, 6.45) is 4.17. The molecule has 100 valence electrons. The van der Waals surface area contributed by atoms with E-state index in [0.29, 0.717) is 18.7 Å². The van der Waals surface area contributed by atoms with E-state index in [1.807, 2.05) is 13.8 Å². The summed E-state index contributed by atoms with van der Waals surface area (Å²) in [5, 5.41) is 12.6. The fourth-order valence-electron chi connectivity index (χ4n) is 1.63. The lowest BCUT2D eigenvalue weighted by molar-refractivity contribution is 0.0600. The lowest BCUT2D eigenvalue weighted by Gasteiger charge is -2.31. The molecule has 0 atom stereocenters. The molecule has 2 N–H and O–H groups in total. The van der Waals surface area contributed by atoms with Crippen LogP contribution in [0, 0.1) is 0 Å². The summed E-state index contributed by atoms with van der Waals surface area (Å²) in [4.78, 5) is 19.4. The Labute approximate surface area is 106 Å². The molecule has 0 radical (unpaired) electrons. The first-order valence-corrected chi connectivity index (χ1v) is 5.89. The van der Waals surface area contributed by atoms with Crippen LogP contribution in [0.25, 0.3) is 0 Å². The van der Waals surface area contributed by atoms with Crippen LogP contribution in [0.15, 0.2) is 12.5 Å². The Hall–Kier alpha value is -1.69. The minimum Gasteiger partial charge on any atom is -0.465 e. The standard InChI is InChI=1S/C12H19N3O3/c1-4-12(5-2,7-16)15-10-9(11(17)18-3)6-13-8-14-10/h6,8,16H,4-5,7H2,1-3H3,(H,13,14,15). The van der Waals surface area contributed by atoms with E-state index in [4.69, 9.17) is 0 Å². The molecule has 0 bridgehead atoms. The number of hydrogen-bond acceptors (Lipinski definition) is 6. The Morgan fingerprint density at radius 2 is 2.17 bits per heavy atom. The van der Waals surface area contributed by atoms with Crippen molar-refractivity contribution in [1.29, 1.82) is 0 Å². The molecule has 0 aliphatic heterocycles. The topological polar surface area (TPSA) is 84.3 Å². The second kappa shape index (κ2) is 6.30. The number of aliphatic hydroxyl groups excluding tert-OH is 1. The number of anilines is 1. The predicted molar refractivity (Wildman–Crippen MR) is 67.4 cm³/mol. The molecule has 0 unspecified atom stereocenters. The summed E-state index contributed by atoms with van der Waals surface area (Å²) in [6.45, 7) is 3.89. The van der Waals surface area contributed by atoms with Crippen molar-refractivity contribution in [2.75, 3.05) is 19.0 Å². The van der Waals surface area contributed by atoms with Crippen molar-refractivity contribution in [3.05, 3.63) is 18.1 Å². The van der Waals surface area contributed by atoms with E-state index in [0.717, 1.165) is 0 Å². The Balaban J connectivity index is 3.06. The molecule has 1 aromatic rings. The molecular weight excluding hydrogens is 234 g/mol. The molecule has 0 aromatic carbocycles. The van der Waals surface area contributed by atoms with Crippen molar-refractivity contribution in [2.24, 2.45) is 0 Å². The quantitative estimate of drug-likeness (QED) is 0.742. The molecule has 0 saturated heterocycles. The summed E-state index contributed by atoms with van der Waals surface area (Å²) >= 11 is 0. The van der Waals surface area contributed by atoms with Crippen LogP contribution in [-0.2, 0) is 4.74 Å². The molecule has 1 heterocycles. The highest BCUT2D eigenvalue weighted by Crippen LogP contribution is 2.22. The van der Waals surface area contributed by atoms with Crippen LogP contribution >= 0.6 is 0 Å². The molecule has 0 aliphatic rings. The Kier molecular flexibility index (Phi) is 5.03. The third-order valence-electron chi connectivity index (χ3n) is 3.16. The maximum absolute atomic E-state index is 11.6. The number of rotatable bonds is 6. The van der Waals surface area contributed by atoms with Crippen LogP contribution in [0.4, 0.5) is 5.82 Å². The van der Waals surface area contributed by atoms with Crippen LogP contribution in [0.5, 0.6) is 0 Å². The fraction of sp³-hybridized carbons (Fsp3) is 0.583. The lowest BCUT2D eigenvalue weighted by Crippen LogP contribution is -2.41. The Morgan fingerprint density at radius 3 is 2.67 bits per heavy atom. The van der Waals surface area contributed by atoms with Gasteiger partial charge in [-0.05, 0) is 12.8 Å². The van der Waals surface area contributed by atoms with E-state index in [-0.39, 0.29) is 12.2 Å². The van der Waals surface area contributed by atoms with Gasteiger partial charge in [0.05, 0.1) is 19.3 Å². The van der Waals surface area contributed by atoms with E-state index in [2.05, 4.69) is 20.0 Å². The van der Waals surface area contributed by atoms with Crippen LogP contribution in [0.3, 0.4) is 0 Å². The summed E-state index contributed by atoms with van der Waals surface area (Å²) in [5.41, 5.74) is -0.225. The summed E-state index contributed by atoms with van der Waals surface area (Å²) < 4.78 is 4.67. The first kappa shape index (κ1) is 14.4. The summed E-state index contributed by atoms with van der Waals surface area (Å²) in [5.74, 6) is -0.119. The second-order valence-corrected chi connectivity index (χ2v) is 4.05. The van der Waals surface area contributed by atoms with E-state index in [1.54, 1.807) is 0 Å². The average molecular weight is 253 g/mol.